The van der Waals surface area contributed by atoms with Crippen LogP contribution in [0.4, 0.5) is 5.69 Å². The zero-order chi connectivity index (χ0) is 21.5. The predicted octanol–water partition coefficient (Wildman–Crippen LogP) is 4.28. The number of fused-ring (bicyclic) bond motifs is 2. The van der Waals surface area contributed by atoms with Crippen LogP contribution < -0.4 is 14.2 Å². The van der Waals surface area contributed by atoms with Crippen molar-refractivity contribution >= 4 is 42.4 Å². The van der Waals surface area contributed by atoms with Gasteiger partial charge in [0.1, 0.15) is 18.1 Å². The number of benzene rings is 3. The van der Waals surface area contributed by atoms with Crippen LogP contribution in [0, 0.1) is 0 Å². The van der Waals surface area contributed by atoms with E-state index in [9.17, 15) is 8.42 Å². The lowest BCUT2D eigenvalue weighted by Crippen LogP contribution is -2.38. The normalized spacial score (nSPS) is 16.2. The van der Waals surface area contributed by atoms with Crippen molar-refractivity contribution in [1.29, 1.82) is 0 Å². The Hall–Kier alpha value is -2.29. The van der Waals surface area contributed by atoms with E-state index in [1.807, 2.05) is 38.4 Å². The molecule has 0 spiro atoms. The van der Waals surface area contributed by atoms with Crippen molar-refractivity contribution in [3.05, 3.63) is 58.6 Å². The van der Waals surface area contributed by atoms with E-state index in [4.69, 9.17) is 9.47 Å². The quantitative estimate of drug-likeness (QED) is 0.578. The first-order valence-electron chi connectivity index (χ1n) is 9.50. The van der Waals surface area contributed by atoms with Gasteiger partial charge in [-0.2, -0.15) is 0 Å². The Labute approximate surface area is 185 Å². The third kappa shape index (κ3) is 3.87. The zero-order valence-electron chi connectivity index (χ0n) is 17.0. The molecule has 4 rings (SSSR count). The van der Waals surface area contributed by atoms with Gasteiger partial charge in [-0.3, -0.25) is 4.72 Å². The topological polar surface area (TPSA) is 67.9 Å². The highest BCUT2D eigenvalue weighted by atomic mass is 79.9. The predicted molar refractivity (Wildman–Crippen MR) is 122 cm³/mol. The van der Waals surface area contributed by atoms with Gasteiger partial charge in [0.25, 0.3) is 10.0 Å². The molecule has 0 unspecified atom stereocenters. The molecule has 0 saturated heterocycles. The van der Waals surface area contributed by atoms with Gasteiger partial charge >= 0.3 is 0 Å². The van der Waals surface area contributed by atoms with E-state index in [1.54, 1.807) is 31.4 Å². The van der Waals surface area contributed by atoms with Crippen molar-refractivity contribution in [2.45, 2.75) is 17.4 Å². The molecule has 1 N–H and O–H groups in total. The average molecular weight is 491 g/mol. The molecule has 6 nitrogen and oxygen atoms in total. The van der Waals surface area contributed by atoms with Crippen LogP contribution in [-0.2, 0) is 16.4 Å². The summed E-state index contributed by atoms with van der Waals surface area (Å²) in [6.45, 7) is 0.475. The number of anilines is 1. The van der Waals surface area contributed by atoms with Crippen LogP contribution in [0.1, 0.15) is 5.56 Å². The summed E-state index contributed by atoms with van der Waals surface area (Å²) in [7, 11) is 1.76. The molecular weight excluding hydrogens is 468 g/mol. The van der Waals surface area contributed by atoms with E-state index >= 15 is 0 Å². The summed E-state index contributed by atoms with van der Waals surface area (Å²) >= 11 is 3.43. The van der Waals surface area contributed by atoms with Crippen LogP contribution in [0.3, 0.4) is 0 Å². The molecule has 0 saturated carbocycles. The molecule has 0 bridgehead atoms. The SMILES string of the molecule is COc1ccc(NS(=O)(=O)c2cccc3ccc(Br)cc23)c2c1C[C@@H](N(C)C)CO2. The number of ether oxygens (including phenoxy) is 2. The Balaban J connectivity index is 1.77. The van der Waals surface area contributed by atoms with Crippen molar-refractivity contribution in [3.8, 4) is 11.5 Å². The fourth-order valence-corrected chi connectivity index (χ4v) is 5.34. The molecule has 0 amide bonds. The highest BCUT2D eigenvalue weighted by molar-refractivity contribution is 9.10. The van der Waals surface area contributed by atoms with Crippen molar-refractivity contribution < 1.29 is 17.9 Å². The van der Waals surface area contributed by atoms with E-state index < -0.39 is 10.0 Å². The number of likely N-dealkylation sites (N-methyl/N-ethyl adjacent to an activating group) is 1. The molecule has 0 aromatic heterocycles. The Bertz CT molecular complexity index is 1210. The number of nitrogens with zero attached hydrogens (tertiary/aromatic N) is 1. The van der Waals surface area contributed by atoms with Crippen LogP contribution in [0.15, 0.2) is 57.9 Å². The van der Waals surface area contributed by atoms with Gasteiger partial charge in [-0.15, -0.1) is 0 Å². The second kappa shape index (κ2) is 8.09. The van der Waals surface area contributed by atoms with Crippen molar-refractivity contribution in [1.82, 2.24) is 4.90 Å². The molecule has 1 atom stereocenters. The van der Waals surface area contributed by atoms with E-state index in [0.717, 1.165) is 15.4 Å². The highest BCUT2D eigenvalue weighted by Crippen LogP contribution is 2.41. The number of halogens is 1. The summed E-state index contributed by atoms with van der Waals surface area (Å²) in [5.41, 5.74) is 1.28. The highest BCUT2D eigenvalue weighted by Gasteiger charge is 2.29. The molecule has 1 heterocycles. The number of hydrogen-bond acceptors (Lipinski definition) is 5. The molecule has 0 radical (unpaired) electrons. The third-order valence-electron chi connectivity index (χ3n) is 5.37. The third-order valence-corrected chi connectivity index (χ3v) is 7.28. The zero-order valence-corrected chi connectivity index (χ0v) is 19.4. The second-order valence-corrected chi connectivity index (χ2v) is 10.0. The van der Waals surface area contributed by atoms with Gasteiger partial charge < -0.3 is 14.4 Å². The summed E-state index contributed by atoms with van der Waals surface area (Å²) in [5.74, 6) is 1.21. The maximum atomic E-state index is 13.3. The Kier molecular flexibility index (Phi) is 5.65. The molecule has 8 heteroatoms. The number of nitrogens with one attached hydrogen (secondary N) is 1. The largest absolute Gasteiger partial charge is 0.496 e. The number of sulfonamides is 1. The number of hydrogen-bond donors (Lipinski definition) is 1. The summed E-state index contributed by atoms with van der Waals surface area (Å²) in [5, 5.41) is 1.50. The summed E-state index contributed by atoms with van der Waals surface area (Å²) in [4.78, 5) is 2.31. The Morgan fingerprint density at radius 1 is 1.17 bits per heavy atom. The van der Waals surface area contributed by atoms with E-state index in [2.05, 4.69) is 25.6 Å². The lowest BCUT2D eigenvalue weighted by atomic mass is 10.00. The smallest absolute Gasteiger partial charge is 0.262 e. The lowest BCUT2D eigenvalue weighted by Gasteiger charge is -2.32. The molecule has 30 heavy (non-hydrogen) atoms. The number of rotatable bonds is 5. The van der Waals surface area contributed by atoms with Gasteiger partial charge in [0.15, 0.2) is 0 Å². The summed E-state index contributed by atoms with van der Waals surface area (Å²) < 4.78 is 41.7. The summed E-state index contributed by atoms with van der Waals surface area (Å²) in [6.07, 6.45) is 0.711. The van der Waals surface area contributed by atoms with Crippen molar-refractivity contribution in [3.63, 3.8) is 0 Å². The maximum absolute atomic E-state index is 13.3. The van der Waals surface area contributed by atoms with Crippen LogP contribution in [0.5, 0.6) is 11.5 Å². The molecule has 0 aliphatic carbocycles. The van der Waals surface area contributed by atoms with E-state index in [1.165, 1.54) is 0 Å². The average Bonchev–Trinajstić information content (AvgIpc) is 2.72. The Morgan fingerprint density at radius 3 is 2.70 bits per heavy atom. The van der Waals surface area contributed by atoms with Gasteiger partial charge in [-0.1, -0.05) is 34.1 Å². The fraction of sp³-hybridized carbons (Fsp3) is 0.273. The molecule has 3 aromatic carbocycles. The fourth-order valence-electron chi connectivity index (χ4n) is 3.70. The molecule has 1 aliphatic heterocycles. The van der Waals surface area contributed by atoms with Gasteiger partial charge in [-0.25, -0.2) is 8.42 Å². The lowest BCUT2D eigenvalue weighted by molar-refractivity contribution is 0.164. The first-order chi connectivity index (χ1) is 14.3. The van der Waals surface area contributed by atoms with Crippen LogP contribution in [-0.4, -0.2) is 47.2 Å². The Morgan fingerprint density at radius 2 is 1.97 bits per heavy atom. The van der Waals surface area contributed by atoms with E-state index in [-0.39, 0.29) is 10.9 Å². The van der Waals surface area contributed by atoms with E-state index in [0.29, 0.717) is 35.6 Å². The van der Waals surface area contributed by atoms with Crippen molar-refractivity contribution in [2.24, 2.45) is 0 Å². The van der Waals surface area contributed by atoms with Gasteiger partial charge in [0.05, 0.1) is 17.7 Å². The van der Waals surface area contributed by atoms with Crippen molar-refractivity contribution in [2.75, 3.05) is 32.5 Å². The molecule has 3 aromatic rings. The molecular formula is C22H23BrN2O4S. The number of methoxy groups -OCH3 is 1. The maximum Gasteiger partial charge on any atom is 0.262 e. The van der Waals surface area contributed by atoms with Crippen LogP contribution in [0.25, 0.3) is 10.8 Å². The van der Waals surface area contributed by atoms with Crippen LogP contribution >= 0.6 is 15.9 Å². The molecule has 1 aliphatic rings. The monoisotopic (exact) mass is 490 g/mol. The molecule has 158 valence electrons. The minimum Gasteiger partial charge on any atom is -0.496 e. The standard InChI is InChI=1S/C22H23BrN2O4S/c1-25(2)16-12-18-20(28-3)10-9-19(22(18)29-13-16)24-30(26,27)21-6-4-5-14-7-8-15(23)11-17(14)21/h4-11,16,24H,12-13H2,1-3H3/t16-/m1/s1. The second-order valence-electron chi connectivity index (χ2n) is 7.48. The first-order valence-corrected chi connectivity index (χ1v) is 11.8. The van der Waals surface area contributed by atoms with Gasteiger partial charge in [0.2, 0.25) is 0 Å². The first kappa shape index (κ1) is 21.0. The minimum absolute atomic E-state index is 0.189. The van der Waals surface area contributed by atoms with Crippen LogP contribution in [0.2, 0.25) is 0 Å². The van der Waals surface area contributed by atoms with Gasteiger partial charge in [-0.05, 0) is 56.2 Å². The summed E-state index contributed by atoms with van der Waals surface area (Å²) in [6, 6.07) is 14.5. The van der Waals surface area contributed by atoms with Gasteiger partial charge in [0, 0.05) is 21.5 Å². The molecule has 0 fully saturated rings. The minimum atomic E-state index is -3.84.